The molecule has 1 aromatic rings. The van der Waals surface area contributed by atoms with Gasteiger partial charge in [-0.25, -0.2) is 4.18 Å². The topological polar surface area (TPSA) is 179 Å². The summed E-state index contributed by atoms with van der Waals surface area (Å²) in [4.78, 5) is 29.0. The molecule has 13 heteroatoms. The molecule has 0 bridgehead atoms. The molecule has 40 heavy (non-hydrogen) atoms. The largest absolute Gasteiger partial charge is 0.507 e. The number of fused-ring (bicyclic) bond motifs is 5. The van der Waals surface area contributed by atoms with E-state index in [0.29, 0.717) is 35.0 Å². The van der Waals surface area contributed by atoms with E-state index in [0.717, 1.165) is 24.8 Å². The number of hydrogen-bond donors (Lipinski definition) is 3. The maximum absolute atomic E-state index is 13.2. The summed E-state index contributed by atoms with van der Waals surface area (Å²) < 4.78 is 37.6. The highest BCUT2D eigenvalue weighted by Gasteiger charge is 2.60. The quantitative estimate of drug-likeness (QED) is 0.0870. The van der Waals surface area contributed by atoms with Crippen LogP contribution in [0.2, 0.25) is 0 Å². The fourth-order valence-corrected chi connectivity index (χ4v) is 9.26. The summed E-state index contributed by atoms with van der Waals surface area (Å²) in [5.41, 5.74) is 9.50. The standard InChI is InChI=1S/C27H33IN4O7S/c1-26-7-5-16(39-40(36,37)38)10-15(26)9-14(24-18-3-4-23(34)27(18,2)8-6-19(24)26)13-30-25(35)17-11-20(28)21(31-32-29)12-22(17)33/h9,11-12,14,16,18-19,24,33H,3-8,10,13H2,1-2H3,(H,30,35)(H,36,37,38)/t14-,16-,18-,19-,24-,26-,27-/m0/s1. The maximum Gasteiger partial charge on any atom is 0.397 e. The number of rotatable bonds is 6. The zero-order valence-electron chi connectivity index (χ0n) is 22.3. The molecule has 0 unspecified atom stereocenters. The van der Waals surface area contributed by atoms with Crippen molar-refractivity contribution in [1.82, 2.24) is 5.32 Å². The van der Waals surface area contributed by atoms with Crippen LogP contribution in [0, 0.1) is 38.1 Å². The summed E-state index contributed by atoms with van der Waals surface area (Å²) in [6.07, 6.45) is 6.12. The SMILES string of the molecule is C[C@]12CC[C@H](OS(=O)(=O)O)CC1=C[C@@H](CNC(=O)c1cc(I)c(N=[N+]=[N-])cc1O)[C@@H]1[C@@H]2CC[C@]2(C)C(=O)CC[C@@H]12. The lowest BCUT2D eigenvalue weighted by atomic mass is 9.46. The Labute approximate surface area is 246 Å². The Bertz CT molecular complexity index is 1440. The van der Waals surface area contributed by atoms with Gasteiger partial charge in [-0.15, -0.1) is 0 Å². The molecule has 3 N–H and O–H groups in total. The first kappa shape index (κ1) is 29.3. The van der Waals surface area contributed by atoms with Gasteiger partial charge >= 0.3 is 10.4 Å². The molecule has 5 rings (SSSR count). The van der Waals surface area contributed by atoms with E-state index in [1.807, 2.05) is 22.6 Å². The first-order chi connectivity index (χ1) is 18.8. The molecule has 4 aliphatic carbocycles. The molecule has 0 aromatic heterocycles. The van der Waals surface area contributed by atoms with E-state index in [2.05, 4.69) is 35.3 Å². The Kier molecular flexibility index (Phi) is 7.75. The van der Waals surface area contributed by atoms with Crippen LogP contribution in [0.4, 0.5) is 5.69 Å². The molecule has 4 aliphatic rings. The smallest absolute Gasteiger partial charge is 0.397 e. The molecule has 11 nitrogen and oxygen atoms in total. The van der Waals surface area contributed by atoms with E-state index in [4.69, 9.17) is 9.71 Å². The van der Waals surface area contributed by atoms with Gasteiger partial charge in [0, 0.05) is 26.9 Å². The number of halogens is 1. The average molecular weight is 685 g/mol. The number of Topliss-reactive ketones (excluding diaryl/α,β-unsaturated/α-hetero) is 1. The summed E-state index contributed by atoms with van der Waals surface area (Å²) in [5.74, 6) is 0.0195. The molecule has 216 valence electrons. The van der Waals surface area contributed by atoms with E-state index in [1.165, 1.54) is 12.1 Å². The van der Waals surface area contributed by atoms with Crippen molar-refractivity contribution in [2.45, 2.75) is 64.9 Å². The minimum Gasteiger partial charge on any atom is -0.507 e. The van der Waals surface area contributed by atoms with Crippen LogP contribution in [0.25, 0.3) is 10.4 Å². The van der Waals surface area contributed by atoms with Crippen LogP contribution in [-0.4, -0.2) is 42.4 Å². The van der Waals surface area contributed by atoms with Crippen LogP contribution < -0.4 is 5.32 Å². The van der Waals surface area contributed by atoms with Gasteiger partial charge in [0.15, 0.2) is 0 Å². The first-order valence-electron chi connectivity index (χ1n) is 13.5. The maximum atomic E-state index is 13.2. The van der Waals surface area contributed by atoms with Crippen molar-refractivity contribution in [1.29, 1.82) is 0 Å². The number of nitrogens with one attached hydrogen (secondary N) is 1. The predicted octanol–water partition coefficient (Wildman–Crippen LogP) is 5.61. The van der Waals surface area contributed by atoms with Gasteiger partial charge in [0.2, 0.25) is 0 Å². The van der Waals surface area contributed by atoms with Gasteiger partial charge < -0.3 is 10.4 Å². The Balaban J connectivity index is 1.46. The van der Waals surface area contributed by atoms with E-state index < -0.39 is 22.4 Å². The fraction of sp³-hybridized carbons (Fsp3) is 0.630. The highest BCUT2D eigenvalue weighted by atomic mass is 127. The lowest BCUT2D eigenvalue weighted by Crippen LogP contribution is -2.54. The summed E-state index contributed by atoms with van der Waals surface area (Å²) >= 11 is 1.94. The van der Waals surface area contributed by atoms with Crippen LogP contribution >= 0.6 is 22.6 Å². The summed E-state index contributed by atoms with van der Waals surface area (Å²) in [6.45, 7) is 4.58. The molecular weight excluding hydrogens is 651 g/mol. The number of azide groups is 1. The summed E-state index contributed by atoms with van der Waals surface area (Å²) in [5, 5.41) is 17.0. The highest BCUT2D eigenvalue weighted by Crippen LogP contribution is 2.65. The molecule has 3 fully saturated rings. The number of ketones is 1. The monoisotopic (exact) mass is 684 g/mol. The Morgan fingerprint density at radius 1 is 1.23 bits per heavy atom. The second-order valence-corrected chi connectivity index (χ2v) is 14.3. The Morgan fingerprint density at radius 3 is 2.62 bits per heavy atom. The van der Waals surface area contributed by atoms with Crippen molar-refractivity contribution in [3.05, 3.63) is 43.4 Å². The minimum atomic E-state index is -4.58. The van der Waals surface area contributed by atoms with Gasteiger partial charge in [-0.1, -0.05) is 30.6 Å². The lowest BCUT2D eigenvalue weighted by molar-refractivity contribution is -0.133. The molecule has 0 radical (unpaired) electrons. The predicted molar refractivity (Wildman–Crippen MR) is 154 cm³/mol. The molecule has 0 spiro atoms. The van der Waals surface area contributed by atoms with E-state index in [-0.39, 0.29) is 58.0 Å². The zero-order chi connectivity index (χ0) is 29.0. The normalized spacial score (nSPS) is 35.0. The summed E-state index contributed by atoms with van der Waals surface area (Å²) in [6, 6.07) is 2.73. The van der Waals surface area contributed by atoms with Crippen molar-refractivity contribution in [3.8, 4) is 5.75 Å². The molecule has 0 aliphatic heterocycles. The molecule has 3 saturated carbocycles. The zero-order valence-corrected chi connectivity index (χ0v) is 25.3. The first-order valence-corrected chi connectivity index (χ1v) is 16.0. The van der Waals surface area contributed by atoms with Crippen molar-refractivity contribution >= 4 is 50.4 Å². The third-order valence-electron chi connectivity index (χ3n) is 10.2. The van der Waals surface area contributed by atoms with E-state index >= 15 is 0 Å². The van der Waals surface area contributed by atoms with Crippen LogP contribution in [0.15, 0.2) is 28.9 Å². The number of benzene rings is 1. The van der Waals surface area contributed by atoms with Crippen LogP contribution in [0.3, 0.4) is 0 Å². The van der Waals surface area contributed by atoms with Crippen LogP contribution in [0.1, 0.15) is 69.2 Å². The average Bonchev–Trinajstić information content (AvgIpc) is 3.18. The van der Waals surface area contributed by atoms with E-state index in [9.17, 15) is 27.7 Å². The van der Waals surface area contributed by atoms with Crippen molar-refractivity contribution in [2.24, 2.45) is 39.6 Å². The highest BCUT2D eigenvalue weighted by molar-refractivity contribution is 14.1. The summed E-state index contributed by atoms with van der Waals surface area (Å²) in [7, 11) is -4.58. The minimum absolute atomic E-state index is 0.0648. The Hall–Kier alpha value is -2.19. The van der Waals surface area contributed by atoms with Gasteiger partial charge in [0.1, 0.15) is 11.5 Å². The number of carbonyl (C=O) groups excluding carboxylic acids is 2. The van der Waals surface area contributed by atoms with E-state index in [1.54, 1.807) is 0 Å². The molecule has 0 saturated heterocycles. The molecular formula is C27H33IN4O7S. The second-order valence-electron chi connectivity index (χ2n) is 12.1. The Morgan fingerprint density at radius 2 is 1.93 bits per heavy atom. The van der Waals surface area contributed by atoms with Crippen molar-refractivity contribution < 1.29 is 31.8 Å². The molecule has 1 aromatic carbocycles. The van der Waals surface area contributed by atoms with Crippen molar-refractivity contribution in [2.75, 3.05) is 6.54 Å². The fourth-order valence-electron chi connectivity index (χ4n) is 8.17. The molecule has 0 heterocycles. The van der Waals surface area contributed by atoms with Gasteiger partial charge in [-0.3, -0.25) is 14.1 Å². The molecule has 7 atom stereocenters. The number of carbonyl (C=O) groups is 2. The van der Waals surface area contributed by atoms with Gasteiger partial charge in [-0.2, -0.15) is 8.42 Å². The number of aromatic hydroxyl groups is 1. The third kappa shape index (κ3) is 5.15. The second kappa shape index (κ2) is 10.6. The van der Waals surface area contributed by atoms with Gasteiger partial charge in [-0.05, 0) is 108 Å². The number of phenols is 1. The van der Waals surface area contributed by atoms with Crippen LogP contribution in [0.5, 0.6) is 5.75 Å². The number of amides is 1. The third-order valence-corrected chi connectivity index (χ3v) is 11.5. The van der Waals surface area contributed by atoms with Gasteiger partial charge in [0.05, 0.1) is 17.4 Å². The number of nitrogens with zero attached hydrogens (tertiary/aromatic N) is 3. The molecule has 1 amide bonds. The van der Waals surface area contributed by atoms with Crippen LogP contribution in [-0.2, 0) is 19.4 Å². The lowest BCUT2D eigenvalue weighted by Gasteiger charge is -2.59. The van der Waals surface area contributed by atoms with Crippen molar-refractivity contribution in [3.63, 3.8) is 0 Å². The number of hydrogen-bond acceptors (Lipinski definition) is 7. The number of phenolic OH excluding ortho intramolecular Hbond substituents is 1. The van der Waals surface area contributed by atoms with Gasteiger partial charge in [0.25, 0.3) is 5.91 Å².